The predicted octanol–water partition coefficient (Wildman–Crippen LogP) is -1.54. The number of nitrogens with two attached hydrogens (primary N) is 1. The quantitative estimate of drug-likeness (QED) is 0.513. The molecule has 2 saturated heterocycles. The first-order valence-electron chi connectivity index (χ1n) is 5.91. The van der Waals surface area contributed by atoms with Crippen LogP contribution in [0.3, 0.4) is 0 Å². The van der Waals surface area contributed by atoms with Crippen LogP contribution in [0.25, 0.3) is 0 Å². The third-order valence-corrected chi connectivity index (χ3v) is 2.45. The van der Waals surface area contributed by atoms with Gasteiger partial charge >= 0.3 is 12.2 Å². The van der Waals surface area contributed by atoms with Gasteiger partial charge in [-0.3, -0.25) is 19.2 Å². The minimum Gasteiger partial charge on any atom is -0.464 e. The molecule has 4 N–H and O–H groups in total. The molecule has 0 aromatic rings. The summed E-state index contributed by atoms with van der Waals surface area (Å²) in [6, 6.07) is 0. The Balaban J connectivity index is 0.000000220. The monoisotopic (exact) mass is 316 g/mol. The number of hydroxylamine groups is 2. The summed E-state index contributed by atoms with van der Waals surface area (Å²) in [5.41, 5.74) is 6.28. The molecular formula is C10H12N4O8. The van der Waals surface area contributed by atoms with E-state index in [0.717, 1.165) is 0 Å². The lowest BCUT2D eigenvalue weighted by atomic mass is 10.4. The van der Waals surface area contributed by atoms with Crippen molar-refractivity contribution in [2.75, 3.05) is 0 Å². The van der Waals surface area contributed by atoms with Gasteiger partial charge in [-0.05, 0) is 0 Å². The van der Waals surface area contributed by atoms with Gasteiger partial charge in [0.1, 0.15) is 0 Å². The van der Waals surface area contributed by atoms with Crippen molar-refractivity contribution in [1.82, 2.24) is 15.5 Å². The molecule has 12 heteroatoms. The zero-order valence-electron chi connectivity index (χ0n) is 11.1. The van der Waals surface area contributed by atoms with Crippen LogP contribution in [0.15, 0.2) is 0 Å². The third-order valence-electron chi connectivity index (χ3n) is 2.45. The van der Waals surface area contributed by atoms with E-state index in [1.165, 1.54) is 0 Å². The number of nitrogens with one attached hydrogen (secondary N) is 1. The maximum absolute atomic E-state index is 10.7. The van der Waals surface area contributed by atoms with E-state index in [4.69, 9.17) is 5.11 Å². The number of primary amides is 1. The van der Waals surface area contributed by atoms with Crippen LogP contribution in [0.1, 0.15) is 25.7 Å². The van der Waals surface area contributed by atoms with Crippen molar-refractivity contribution in [2.45, 2.75) is 25.7 Å². The topological polar surface area (TPSA) is 176 Å². The lowest BCUT2D eigenvalue weighted by Gasteiger charge is -2.10. The third kappa shape index (κ3) is 4.43. The zero-order chi connectivity index (χ0) is 16.9. The molecule has 0 unspecified atom stereocenters. The maximum atomic E-state index is 10.7. The van der Waals surface area contributed by atoms with Gasteiger partial charge < -0.3 is 15.7 Å². The van der Waals surface area contributed by atoms with E-state index >= 15 is 0 Å². The van der Waals surface area contributed by atoms with Crippen molar-refractivity contribution < 1.29 is 38.7 Å². The minimum absolute atomic E-state index is 0.0755. The molecular weight excluding hydrogens is 304 g/mol. The molecule has 0 aromatic heterocycles. The van der Waals surface area contributed by atoms with Crippen molar-refractivity contribution in [3.8, 4) is 0 Å². The summed E-state index contributed by atoms with van der Waals surface area (Å²) in [5.74, 6) is -2.07. The Morgan fingerprint density at radius 3 is 1.73 bits per heavy atom. The maximum Gasteiger partial charge on any atom is 0.429 e. The van der Waals surface area contributed by atoms with Crippen molar-refractivity contribution in [3.05, 3.63) is 0 Å². The second kappa shape index (κ2) is 7.01. The summed E-state index contributed by atoms with van der Waals surface area (Å²) in [5, 5.41) is 9.06. The average molecular weight is 316 g/mol. The molecule has 0 bridgehead atoms. The summed E-state index contributed by atoms with van der Waals surface area (Å²) in [6.45, 7) is 0. The molecule has 2 aliphatic rings. The Labute approximate surface area is 122 Å². The van der Waals surface area contributed by atoms with Crippen molar-refractivity contribution in [3.63, 3.8) is 0 Å². The molecule has 6 amide bonds. The molecule has 0 aromatic carbocycles. The highest BCUT2D eigenvalue weighted by Gasteiger charge is 2.32. The normalized spacial score (nSPS) is 17.3. The van der Waals surface area contributed by atoms with Crippen LogP contribution in [0.2, 0.25) is 0 Å². The number of hydrogen-bond donors (Lipinski definition) is 3. The molecule has 2 aliphatic heterocycles. The number of rotatable bonds is 2. The lowest BCUT2D eigenvalue weighted by Crippen LogP contribution is -2.44. The molecule has 2 heterocycles. The van der Waals surface area contributed by atoms with E-state index in [2.05, 4.69) is 10.6 Å². The second-order valence-corrected chi connectivity index (χ2v) is 4.03. The number of carbonyl (C=O) groups excluding carboxylic acids is 5. The van der Waals surface area contributed by atoms with E-state index in [1.54, 1.807) is 5.43 Å². The van der Waals surface area contributed by atoms with Crippen LogP contribution < -0.4 is 11.2 Å². The fraction of sp³-hybridized carbons (Fsp3) is 0.400. The van der Waals surface area contributed by atoms with Gasteiger partial charge in [-0.15, -0.1) is 5.06 Å². The summed E-state index contributed by atoms with van der Waals surface area (Å²) < 4.78 is 0. The number of carbonyl (C=O) groups is 6. The molecule has 0 saturated carbocycles. The van der Waals surface area contributed by atoms with Crippen LogP contribution in [0.5, 0.6) is 0 Å². The number of carboxylic acid groups (broad SMARTS) is 1. The van der Waals surface area contributed by atoms with Crippen molar-refractivity contribution in [1.29, 1.82) is 0 Å². The largest absolute Gasteiger partial charge is 0.464 e. The van der Waals surface area contributed by atoms with Gasteiger partial charge in [0.05, 0.1) is 0 Å². The second-order valence-electron chi connectivity index (χ2n) is 4.03. The molecule has 0 aliphatic carbocycles. The Hall–Kier alpha value is -3.18. The van der Waals surface area contributed by atoms with E-state index in [1.807, 2.05) is 0 Å². The van der Waals surface area contributed by atoms with E-state index in [0.29, 0.717) is 10.1 Å². The number of amides is 6. The zero-order valence-corrected chi connectivity index (χ0v) is 11.1. The predicted molar refractivity (Wildman–Crippen MR) is 64.0 cm³/mol. The van der Waals surface area contributed by atoms with Crippen LogP contribution in [-0.2, 0) is 24.0 Å². The highest BCUT2D eigenvalue weighted by atomic mass is 16.7. The van der Waals surface area contributed by atoms with Gasteiger partial charge in [-0.2, -0.15) is 5.01 Å². The van der Waals surface area contributed by atoms with Crippen LogP contribution in [-0.4, -0.2) is 51.0 Å². The Bertz CT molecular complexity index is 465. The van der Waals surface area contributed by atoms with E-state index in [-0.39, 0.29) is 25.7 Å². The average Bonchev–Trinajstić information content (AvgIpc) is 2.89. The molecule has 12 nitrogen and oxygen atoms in total. The molecule has 2 rings (SSSR count). The van der Waals surface area contributed by atoms with Gasteiger partial charge in [0.15, 0.2) is 0 Å². The van der Waals surface area contributed by atoms with Crippen molar-refractivity contribution in [2.24, 2.45) is 5.73 Å². The smallest absolute Gasteiger partial charge is 0.429 e. The van der Waals surface area contributed by atoms with E-state index < -0.39 is 35.8 Å². The molecule has 0 radical (unpaired) electrons. The first kappa shape index (κ1) is 16.9. The number of nitrogens with zero attached hydrogens (tertiary/aromatic N) is 2. The summed E-state index contributed by atoms with van der Waals surface area (Å²) >= 11 is 0. The van der Waals surface area contributed by atoms with Gasteiger partial charge in [-0.25, -0.2) is 15.0 Å². The van der Waals surface area contributed by atoms with Gasteiger partial charge in [0, 0.05) is 25.7 Å². The number of imide groups is 2. The Morgan fingerprint density at radius 1 is 0.955 bits per heavy atom. The van der Waals surface area contributed by atoms with Crippen molar-refractivity contribution >= 4 is 35.8 Å². The number of hydrogen-bond acceptors (Lipinski definition) is 7. The highest BCUT2D eigenvalue weighted by molar-refractivity contribution is 6.02. The van der Waals surface area contributed by atoms with Crippen LogP contribution >= 0.6 is 0 Å². The molecule has 22 heavy (non-hydrogen) atoms. The SMILES string of the molecule is NC(=O)ON1C(=O)CCC1=O.O=C(O)NN1C(=O)CCC1=O. The first-order chi connectivity index (χ1) is 10.2. The Kier molecular flexibility index (Phi) is 5.38. The van der Waals surface area contributed by atoms with Gasteiger partial charge in [0.25, 0.3) is 11.8 Å². The highest BCUT2D eigenvalue weighted by Crippen LogP contribution is 2.11. The standard InChI is InChI=1S/2C5H6N2O4/c6-5(10)11-7-3(8)1-2-4(7)9;8-3-1-2-4(9)7(3)6-5(10)11/h1-2H2,(H2,6,10);6H,1-2H2,(H,10,11). The summed E-state index contributed by atoms with van der Waals surface area (Å²) in [6.07, 6.45) is -2.25. The first-order valence-corrected chi connectivity index (χ1v) is 5.91. The minimum atomic E-state index is -1.41. The van der Waals surface area contributed by atoms with Crippen LogP contribution in [0, 0.1) is 0 Å². The lowest BCUT2D eigenvalue weighted by molar-refractivity contribution is -0.170. The Morgan fingerprint density at radius 2 is 1.36 bits per heavy atom. The summed E-state index contributed by atoms with van der Waals surface area (Å²) in [4.78, 5) is 67.0. The fourth-order valence-electron chi connectivity index (χ4n) is 1.54. The van der Waals surface area contributed by atoms with E-state index in [9.17, 15) is 28.8 Å². The fourth-order valence-corrected chi connectivity index (χ4v) is 1.54. The molecule has 0 atom stereocenters. The van der Waals surface area contributed by atoms with Crippen LogP contribution in [0.4, 0.5) is 9.59 Å². The van der Waals surface area contributed by atoms with Gasteiger partial charge in [0.2, 0.25) is 11.8 Å². The summed E-state index contributed by atoms with van der Waals surface area (Å²) in [7, 11) is 0. The molecule has 2 fully saturated rings. The number of hydrazine groups is 1. The molecule has 120 valence electrons. The molecule has 0 spiro atoms. The van der Waals surface area contributed by atoms with Gasteiger partial charge in [-0.1, -0.05) is 0 Å².